The minimum absolute atomic E-state index is 0.758. The van der Waals surface area contributed by atoms with Gasteiger partial charge in [-0.15, -0.1) is 0 Å². The Labute approximate surface area is 154 Å². The number of hydrazine groups is 1. The largest absolute Gasteiger partial charge is 0.497 e. The first-order valence-corrected chi connectivity index (χ1v) is 8.73. The maximum absolute atomic E-state index is 6.32. The summed E-state index contributed by atoms with van der Waals surface area (Å²) in [7, 11) is 3.84. The lowest BCUT2D eigenvalue weighted by Crippen LogP contribution is -2.32. The minimum Gasteiger partial charge on any atom is -0.497 e. The number of nitrogens with zero attached hydrogens (tertiary/aromatic N) is 2. The average Bonchev–Trinajstić information content (AvgIpc) is 2.95. The molecule has 0 unspecified atom stereocenters. The van der Waals surface area contributed by atoms with E-state index in [0.717, 1.165) is 36.1 Å². The second-order valence-corrected chi connectivity index (χ2v) is 6.81. The van der Waals surface area contributed by atoms with E-state index in [4.69, 9.17) is 16.3 Å². The van der Waals surface area contributed by atoms with E-state index < -0.39 is 0 Å². The predicted molar refractivity (Wildman–Crippen MR) is 104 cm³/mol. The van der Waals surface area contributed by atoms with Gasteiger partial charge < -0.3 is 10.2 Å². The van der Waals surface area contributed by atoms with Crippen LogP contribution in [-0.2, 0) is 6.54 Å². The number of nitrogens with one attached hydrogen (secondary N) is 1. The first-order valence-electron chi connectivity index (χ1n) is 8.35. The van der Waals surface area contributed by atoms with Crippen LogP contribution in [0.5, 0.6) is 5.75 Å². The van der Waals surface area contributed by atoms with Crippen molar-refractivity contribution >= 4 is 17.3 Å². The lowest BCUT2D eigenvalue weighted by molar-refractivity contribution is 0.352. The zero-order valence-electron chi connectivity index (χ0n) is 14.9. The van der Waals surface area contributed by atoms with Crippen molar-refractivity contribution < 1.29 is 4.74 Å². The molecule has 0 saturated carbocycles. The fourth-order valence-electron chi connectivity index (χ4n) is 3.08. The molecule has 4 nitrogen and oxygen atoms in total. The van der Waals surface area contributed by atoms with E-state index in [0.29, 0.717) is 0 Å². The molecule has 0 aromatic heterocycles. The van der Waals surface area contributed by atoms with Crippen molar-refractivity contribution in [1.29, 1.82) is 0 Å². The highest BCUT2D eigenvalue weighted by Gasteiger charge is 2.21. The number of rotatable bonds is 6. The van der Waals surface area contributed by atoms with Crippen LogP contribution in [0.3, 0.4) is 0 Å². The van der Waals surface area contributed by atoms with Gasteiger partial charge in [0, 0.05) is 18.8 Å². The van der Waals surface area contributed by atoms with Gasteiger partial charge in [0.1, 0.15) is 5.75 Å². The molecule has 0 saturated heterocycles. The highest BCUT2D eigenvalue weighted by molar-refractivity contribution is 6.33. The van der Waals surface area contributed by atoms with E-state index in [1.807, 2.05) is 36.4 Å². The third-order valence-electron chi connectivity index (χ3n) is 4.37. The summed E-state index contributed by atoms with van der Waals surface area (Å²) < 4.78 is 5.30. The lowest BCUT2D eigenvalue weighted by atomic mass is 10.1. The molecule has 5 heteroatoms. The molecular weight excluding hydrogens is 334 g/mol. The maximum Gasteiger partial charge on any atom is 0.119 e. The van der Waals surface area contributed by atoms with E-state index in [1.165, 1.54) is 16.8 Å². The van der Waals surface area contributed by atoms with Crippen molar-refractivity contribution in [3.8, 4) is 5.75 Å². The second kappa shape index (κ2) is 7.81. The number of allylic oxidation sites excluding steroid dienone is 1. The fourth-order valence-corrected chi connectivity index (χ4v) is 3.32. The van der Waals surface area contributed by atoms with Crippen LogP contribution in [0.25, 0.3) is 0 Å². The van der Waals surface area contributed by atoms with Crippen LogP contribution in [-0.4, -0.2) is 32.1 Å². The predicted octanol–water partition coefficient (Wildman–Crippen LogP) is 4.08. The summed E-state index contributed by atoms with van der Waals surface area (Å²) in [5.41, 5.74) is 8.24. The quantitative estimate of drug-likeness (QED) is 0.843. The zero-order valence-corrected chi connectivity index (χ0v) is 15.7. The van der Waals surface area contributed by atoms with Crippen LogP contribution in [0.15, 0.2) is 59.8 Å². The van der Waals surface area contributed by atoms with Crippen LogP contribution in [0, 0.1) is 0 Å². The number of halogens is 1. The van der Waals surface area contributed by atoms with E-state index >= 15 is 0 Å². The van der Waals surface area contributed by atoms with Crippen LogP contribution in [0.1, 0.15) is 12.5 Å². The summed E-state index contributed by atoms with van der Waals surface area (Å²) in [6.45, 7) is 4.72. The van der Waals surface area contributed by atoms with Gasteiger partial charge in [-0.2, -0.15) is 0 Å². The number of para-hydroxylation sites is 1. The number of hydrogen-bond acceptors (Lipinski definition) is 4. The number of methoxy groups -OCH3 is 1. The van der Waals surface area contributed by atoms with Crippen molar-refractivity contribution in [2.45, 2.75) is 13.5 Å². The Morgan fingerprint density at radius 1 is 1.16 bits per heavy atom. The van der Waals surface area contributed by atoms with Gasteiger partial charge in [0.05, 0.1) is 24.4 Å². The Kier molecular flexibility index (Phi) is 5.51. The average molecular weight is 358 g/mol. The van der Waals surface area contributed by atoms with Crippen LogP contribution in [0.4, 0.5) is 5.69 Å². The van der Waals surface area contributed by atoms with Crippen LogP contribution >= 0.6 is 11.6 Å². The highest BCUT2D eigenvalue weighted by Crippen LogP contribution is 2.28. The summed E-state index contributed by atoms with van der Waals surface area (Å²) in [5, 5.41) is 2.86. The molecule has 0 radical (unpaired) electrons. The van der Waals surface area contributed by atoms with E-state index in [9.17, 15) is 0 Å². The van der Waals surface area contributed by atoms with Gasteiger partial charge in [-0.1, -0.05) is 35.9 Å². The molecule has 0 bridgehead atoms. The smallest absolute Gasteiger partial charge is 0.119 e. The van der Waals surface area contributed by atoms with E-state index in [1.54, 1.807) is 7.11 Å². The summed E-state index contributed by atoms with van der Waals surface area (Å²) in [6.07, 6.45) is 0. The molecule has 0 fully saturated rings. The Hall–Kier alpha value is -2.17. The van der Waals surface area contributed by atoms with Gasteiger partial charge >= 0.3 is 0 Å². The number of benzene rings is 2. The molecule has 0 atom stereocenters. The Bertz CT molecular complexity index is 775. The molecule has 1 N–H and O–H groups in total. The molecule has 132 valence electrons. The lowest BCUT2D eigenvalue weighted by Gasteiger charge is -2.22. The molecular formula is C20H24ClN3O. The van der Waals surface area contributed by atoms with Gasteiger partial charge in [-0.25, -0.2) is 0 Å². The third-order valence-corrected chi connectivity index (χ3v) is 4.69. The third kappa shape index (κ3) is 4.27. The molecule has 2 aromatic carbocycles. The van der Waals surface area contributed by atoms with E-state index in [2.05, 4.69) is 41.4 Å². The Morgan fingerprint density at radius 2 is 1.96 bits per heavy atom. The molecule has 0 spiro atoms. The van der Waals surface area contributed by atoms with Crippen LogP contribution < -0.4 is 15.2 Å². The topological polar surface area (TPSA) is 27.7 Å². The van der Waals surface area contributed by atoms with Gasteiger partial charge in [0.2, 0.25) is 0 Å². The summed E-state index contributed by atoms with van der Waals surface area (Å²) in [5.74, 6) is 0.897. The van der Waals surface area contributed by atoms with Crippen molar-refractivity contribution in [3.05, 3.63) is 70.4 Å². The standard InChI is InChI=1S/C20H24ClN3O/c1-15-17(14-24(22-15)20-10-5-4-9-19(20)21)13-23(2)12-16-7-6-8-18(11-16)25-3/h4-11,22H,12-14H2,1-3H3. The summed E-state index contributed by atoms with van der Waals surface area (Å²) >= 11 is 6.32. The number of hydrogen-bond donors (Lipinski definition) is 1. The SMILES string of the molecule is COc1cccc(CN(C)CC2=C(C)NN(c3ccccc3Cl)C2)c1. The number of ether oxygens (including phenoxy) is 1. The Balaban J connectivity index is 1.62. The molecule has 1 aliphatic heterocycles. The normalized spacial score (nSPS) is 14.2. The number of anilines is 1. The van der Waals surface area contributed by atoms with Crippen molar-refractivity contribution in [1.82, 2.24) is 10.3 Å². The van der Waals surface area contributed by atoms with Crippen molar-refractivity contribution in [3.63, 3.8) is 0 Å². The van der Waals surface area contributed by atoms with Gasteiger partial charge in [0.25, 0.3) is 0 Å². The minimum atomic E-state index is 0.758. The molecule has 2 aromatic rings. The van der Waals surface area contributed by atoms with Crippen molar-refractivity contribution in [2.75, 3.05) is 32.3 Å². The molecule has 3 rings (SSSR count). The second-order valence-electron chi connectivity index (χ2n) is 6.40. The van der Waals surface area contributed by atoms with Gasteiger partial charge in [-0.3, -0.25) is 9.91 Å². The molecule has 0 aliphatic carbocycles. The molecule has 25 heavy (non-hydrogen) atoms. The highest BCUT2D eigenvalue weighted by atomic mass is 35.5. The summed E-state index contributed by atoms with van der Waals surface area (Å²) in [6, 6.07) is 16.1. The summed E-state index contributed by atoms with van der Waals surface area (Å²) in [4.78, 5) is 2.31. The molecule has 0 amide bonds. The van der Waals surface area contributed by atoms with Crippen LogP contribution in [0.2, 0.25) is 5.02 Å². The first kappa shape index (κ1) is 17.6. The monoisotopic (exact) mass is 357 g/mol. The fraction of sp³-hybridized carbons (Fsp3) is 0.300. The van der Waals surface area contributed by atoms with Gasteiger partial charge in [0.15, 0.2) is 0 Å². The Morgan fingerprint density at radius 3 is 2.72 bits per heavy atom. The molecule has 1 heterocycles. The first-order chi connectivity index (χ1) is 12.1. The zero-order chi connectivity index (χ0) is 17.8. The van der Waals surface area contributed by atoms with Crippen molar-refractivity contribution in [2.24, 2.45) is 0 Å². The molecule has 1 aliphatic rings. The van der Waals surface area contributed by atoms with Gasteiger partial charge in [-0.05, 0) is 49.4 Å². The van der Waals surface area contributed by atoms with E-state index in [-0.39, 0.29) is 0 Å². The number of likely N-dealkylation sites (N-methyl/N-ethyl adjacent to an activating group) is 1. The maximum atomic E-state index is 6.32.